The van der Waals surface area contributed by atoms with Crippen LogP contribution in [0.3, 0.4) is 0 Å². The third kappa shape index (κ3) is 4.47. The number of carbonyl (C=O) groups excluding carboxylic acids is 2. The van der Waals surface area contributed by atoms with E-state index in [1.165, 1.54) is 23.7 Å². The van der Waals surface area contributed by atoms with Crippen molar-refractivity contribution in [2.75, 3.05) is 25.0 Å². The van der Waals surface area contributed by atoms with Crippen molar-refractivity contribution in [3.05, 3.63) is 58.4 Å². The minimum Gasteiger partial charge on any atom is -0.465 e. The fourth-order valence-corrected chi connectivity index (χ4v) is 4.92. The van der Waals surface area contributed by atoms with E-state index in [1.807, 2.05) is 12.2 Å². The third-order valence-electron chi connectivity index (χ3n) is 5.18. The Hall–Kier alpha value is -3.31. The van der Waals surface area contributed by atoms with Gasteiger partial charge in [0.15, 0.2) is 0 Å². The molecule has 1 atom stereocenters. The van der Waals surface area contributed by atoms with Crippen molar-refractivity contribution in [3.8, 4) is 6.07 Å². The molecule has 30 heavy (non-hydrogen) atoms. The van der Waals surface area contributed by atoms with Gasteiger partial charge in [-0.3, -0.25) is 4.79 Å². The number of ether oxygens (including phenoxy) is 1. The summed E-state index contributed by atoms with van der Waals surface area (Å²) in [7, 11) is 0. The van der Waals surface area contributed by atoms with E-state index < -0.39 is 0 Å². The lowest BCUT2D eigenvalue weighted by atomic mass is 9.88. The molecule has 1 unspecified atom stereocenters. The summed E-state index contributed by atoms with van der Waals surface area (Å²) in [6.45, 7) is 1.56. The van der Waals surface area contributed by atoms with Gasteiger partial charge in [-0.1, -0.05) is 12.2 Å². The zero-order valence-electron chi connectivity index (χ0n) is 16.3. The third-order valence-corrected chi connectivity index (χ3v) is 6.35. The lowest BCUT2D eigenvalue weighted by Crippen LogP contribution is -2.31. The van der Waals surface area contributed by atoms with Gasteiger partial charge >= 0.3 is 6.09 Å². The molecule has 2 aliphatic rings. The van der Waals surface area contributed by atoms with Gasteiger partial charge in [-0.2, -0.15) is 5.26 Å². The number of nitriles is 1. The normalized spacial score (nSPS) is 17.7. The van der Waals surface area contributed by atoms with Crippen molar-refractivity contribution in [1.82, 2.24) is 4.90 Å². The first-order valence-corrected chi connectivity index (χ1v) is 10.6. The van der Waals surface area contributed by atoms with Crippen LogP contribution in [-0.4, -0.2) is 36.6 Å². The second-order valence-corrected chi connectivity index (χ2v) is 8.33. The predicted octanol–water partition coefficient (Wildman–Crippen LogP) is 3.98. The molecular weight excluding hydrogens is 402 g/mol. The molecule has 154 valence electrons. The SMILES string of the molecule is N#Cc1c(NC(=O)/C=C/c2ccco2)sc2c1CCC(COC(=O)N1CC=CC1)C2. The summed E-state index contributed by atoms with van der Waals surface area (Å²) in [5.41, 5.74) is 1.53. The van der Waals surface area contributed by atoms with Crippen LogP contribution in [-0.2, 0) is 22.4 Å². The van der Waals surface area contributed by atoms with E-state index >= 15 is 0 Å². The summed E-state index contributed by atoms with van der Waals surface area (Å²) in [5, 5.41) is 13.0. The number of amides is 2. The zero-order chi connectivity index (χ0) is 20.9. The smallest absolute Gasteiger partial charge is 0.410 e. The van der Waals surface area contributed by atoms with Crippen molar-refractivity contribution in [3.63, 3.8) is 0 Å². The van der Waals surface area contributed by atoms with Crippen molar-refractivity contribution in [1.29, 1.82) is 5.26 Å². The summed E-state index contributed by atoms with van der Waals surface area (Å²) in [6.07, 6.45) is 10.4. The first kappa shape index (κ1) is 20.0. The van der Waals surface area contributed by atoms with E-state index in [9.17, 15) is 14.9 Å². The fraction of sp³-hybridized carbons (Fsp3) is 0.318. The molecule has 0 radical (unpaired) electrons. The number of hydrogen-bond donors (Lipinski definition) is 1. The summed E-state index contributed by atoms with van der Waals surface area (Å²) in [4.78, 5) is 27.0. The van der Waals surface area contributed by atoms with E-state index in [1.54, 1.807) is 23.1 Å². The van der Waals surface area contributed by atoms with Crippen LogP contribution in [0.2, 0.25) is 0 Å². The molecule has 1 aliphatic carbocycles. The molecule has 8 heteroatoms. The maximum Gasteiger partial charge on any atom is 0.410 e. The van der Waals surface area contributed by atoms with Crippen molar-refractivity contribution >= 4 is 34.4 Å². The van der Waals surface area contributed by atoms with Crippen LogP contribution >= 0.6 is 11.3 Å². The molecule has 2 aromatic rings. The van der Waals surface area contributed by atoms with E-state index in [0.717, 1.165) is 29.7 Å². The van der Waals surface area contributed by atoms with Crippen LogP contribution in [0.1, 0.15) is 28.2 Å². The number of carbonyl (C=O) groups is 2. The van der Waals surface area contributed by atoms with Gasteiger partial charge in [0.05, 0.1) is 18.4 Å². The number of rotatable bonds is 5. The number of thiophene rings is 1. The molecule has 0 saturated heterocycles. The van der Waals surface area contributed by atoms with Gasteiger partial charge in [0.25, 0.3) is 0 Å². The van der Waals surface area contributed by atoms with Gasteiger partial charge < -0.3 is 19.4 Å². The van der Waals surface area contributed by atoms with Crippen molar-refractivity contribution in [2.24, 2.45) is 5.92 Å². The Morgan fingerprint density at radius 2 is 2.23 bits per heavy atom. The quantitative estimate of drug-likeness (QED) is 0.580. The molecule has 2 amide bonds. The van der Waals surface area contributed by atoms with Gasteiger partial charge in [-0.05, 0) is 49.0 Å². The lowest BCUT2D eigenvalue weighted by molar-refractivity contribution is -0.111. The molecule has 0 saturated carbocycles. The predicted molar refractivity (Wildman–Crippen MR) is 113 cm³/mol. The van der Waals surface area contributed by atoms with Gasteiger partial charge in [-0.15, -0.1) is 11.3 Å². The summed E-state index contributed by atoms with van der Waals surface area (Å²) < 4.78 is 10.6. The zero-order valence-corrected chi connectivity index (χ0v) is 17.1. The molecule has 0 spiro atoms. The number of furan rings is 1. The lowest BCUT2D eigenvalue weighted by Gasteiger charge is -2.23. The monoisotopic (exact) mass is 423 g/mol. The largest absolute Gasteiger partial charge is 0.465 e. The van der Waals surface area contributed by atoms with Crippen LogP contribution in [0, 0.1) is 17.2 Å². The summed E-state index contributed by atoms with van der Waals surface area (Å²) in [5.74, 6) is 0.481. The number of anilines is 1. The Bertz CT molecular complexity index is 1020. The van der Waals surface area contributed by atoms with Gasteiger partial charge in [0.2, 0.25) is 5.91 Å². The topological polar surface area (TPSA) is 95.6 Å². The van der Waals surface area contributed by atoms with Crippen LogP contribution in [0.15, 0.2) is 41.0 Å². The second-order valence-electron chi connectivity index (χ2n) is 7.22. The highest BCUT2D eigenvalue weighted by molar-refractivity contribution is 7.16. The highest BCUT2D eigenvalue weighted by Crippen LogP contribution is 2.39. The number of hydrogen-bond acceptors (Lipinski definition) is 6. The molecule has 2 aromatic heterocycles. The second kappa shape index (κ2) is 9.01. The van der Waals surface area contributed by atoms with Crippen LogP contribution in [0.25, 0.3) is 6.08 Å². The van der Waals surface area contributed by atoms with Crippen molar-refractivity contribution < 1.29 is 18.7 Å². The highest BCUT2D eigenvalue weighted by Gasteiger charge is 2.27. The Morgan fingerprint density at radius 1 is 1.40 bits per heavy atom. The molecule has 0 aromatic carbocycles. The molecule has 1 N–H and O–H groups in total. The van der Waals surface area contributed by atoms with Crippen LogP contribution in [0.5, 0.6) is 0 Å². The number of nitrogens with one attached hydrogen (secondary N) is 1. The minimum atomic E-state index is -0.314. The van der Waals surface area contributed by atoms with Gasteiger partial charge in [0, 0.05) is 24.0 Å². The number of nitrogens with zero attached hydrogens (tertiary/aromatic N) is 2. The Balaban J connectivity index is 1.37. The Morgan fingerprint density at radius 3 is 2.97 bits per heavy atom. The molecule has 7 nitrogen and oxygen atoms in total. The average molecular weight is 423 g/mol. The first-order valence-electron chi connectivity index (χ1n) is 9.78. The Kier molecular flexibility index (Phi) is 6.00. The van der Waals surface area contributed by atoms with Gasteiger partial charge in [-0.25, -0.2) is 4.79 Å². The summed E-state index contributed by atoms with van der Waals surface area (Å²) in [6, 6.07) is 5.73. The summed E-state index contributed by atoms with van der Waals surface area (Å²) >= 11 is 1.43. The first-order chi connectivity index (χ1) is 14.6. The minimum absolute atomic E-state index is 0.213. The molecule has 0 bridgehead atoms. The van der Waals surface area contributed by atoms with E-state index in [4.69, 9.17) is 9.15 Å². The van der Waals surface area contributed by atoms with E-state index in [0.29, 0.717) is 36.0 Å². The Labute approximate surface area is 178 Å². The van der Waals surface area contributed by atoms with E-state index in [2.05, 4.69) is 11.4 Å². The van der Waals surface area contributed by atoms with Crippen molar-refractivity contribution in [2.45, 2.75) is 19.3 Å². The average Bonchev–Trinajstić information content (AvgIpc) is 3.51. The molecule has 4 rings (SSSR count). The fourth-order valence-electron chi connectivity index (χ4n) is 3.61. The van der Waals surface area contributed by atoms with Crippen LogP contribution < -0.4 is 5.32 Å². The van der Waals surface area contributed by atoms with Gasteiger partial charge in [0.1, 0.15) is 16.8 Å². The molecule has 1 aliphatic heterocycles. The maximum atomic E-state index is 12.2. The maximum absolute atomic E-state index is 12.2. The van der Waals surface area contributed by atoms with E-state index in [-0.39, 0.29) is 17.9 Å². The van der Waals surface area contributed by atoms with Crippen LogP contribution in [0.4, 0.5) is 9.80 Å². The molecular formula is C22H21N3O4S. The molecule has 0 fully saturated rings. The number of fused-ring (bicyclic) bond motifs is 1. The standard InChI is InChI=1S/C22H21N3O4S/c23-13-18-17-7-5-15(14-29-22(27)25-9-1-2-10-25)12-19(17)30-21(18)24-20(26)8-6-16-4-3-11-28-16/h1-4,6,8,11,15H,5,7,9-10,12,14H2,(H,24,26)/b8-6+. The highest BCUT2D eigenvalue weighted by atomic mass is 32.1. The molecule has 3 heterocycles.